The maximum Gasteiger partial charge on any atom is 0.414 e. The predicted molar refractivity (Wildman–Crippen MR) is 279 cm³/mol. The molecule has 2 saturated heterocycles. The van der Waals surface area contributed by atoms with Gasteiger partial charge in [0.1, 0.15) is 54.0 Å². The molecule has 0 spiro atoms. The number of aldehydes is 1. The number of likely N-dealkylation sites (tertiary alicyclic amines) is 1. The van der Waals surface area contributed by atoms with Gasteiger partial charge in [0.15, 0.2) is 23.4 Å². The van der Waals surface area contributed by atoms with Crippen molar-refractivity contribution in [1.29, 1.82) is 0 Å². The normalized spacial score (nSPS) is 17.2. The van der Waals surface area contributed by atoms with Crippen LogP contribution in [-0.2, 0) is 46.6 Å². The fourth-order valence-corrected chi connectivity index (χ4v) is 10.5. The molecule has 7 rings (SSSR count). The molecule has 2 atom stereocenters. The van der Waals surface area contributed by atoms with Crippen molar-refractivity contribution < 1.29 is 66.4 Å². The Morgan fingerprint density at radius 1 is 0.933 bits per heavy atom. The van der Waals surface area contributed by atoms with Crippen molar-refractivity contribution in [3.63, 3.8) is 0 Å². The van der Waals surface area contributed by atoms with Crippen molar-refractivity contribution in [3.8, 4) is 23.0 Å². The third-order valence-electron chi connectivity index (χ3n) is 12.1. The van der Waals surface area contributed by atoms with Crippen molar-refractivity contribution in [2.24, 2.45) is 5.16 Å². The molecule has 3 aromatic carbocycles. The molecule has 25 heteroatoms. The van der Waals surface area contributed by atoms with Crippen LogP contribution in [0.2, 0.25) is 5.02 Å². The number of ether oxygens (including phenoxy) is 5. The molecule has 2 radical (unpaired) electrons. The standard InChI is InChI=1S/C50H56BClN8O13S2/c1-49(2,3)71-48(66)56-47-55-41(58-75-47)37(57-73-50(4,5)28-61)43(63)54-38-44(64)59-39(46(65)72-51)31(27-74-45(38)59)24-60(21-8-9-22-60)23-20-53-42(62)34-18-19-35(69-25-29-10-14-32(67-6)15-11-29)40(36(34)52)70-26-30-12-16-33(68-7)17-13-30/h10-19,28,38,45H,8-9,20-27H2,1-7H3,(H2-,53,54,55,56,58,62,63,66)/p+1/b57-37-/t38-,45-/m1/s1. The maximum atomic E-state index is 14.0. The molecule has 3 aliphatic rings. The molecule has 4 heterocycles. The van der Waals surface area contributed by atoms with Gasteiger partial charge in [0.05, 0.1) is 51.0 Å². The highest BCUT2D eigenvalue weighted by atomic mass is 35.5. The van der Waals surface area contributed by atoms with Crippen molar-refractivity contribution in [3.05, 3.63) is 99.5 Å². The first kappa shape index (κ1) is 55.9. The molecule has 4 amide bonds. The van der Waals surface area contributed by atoms with Crippen LogP contribution < -0.4 is 34.9 Å². The average Bonchev–Trinajstić information content (AvgIpc) is 4.06. The highest BCUT2D eigenvalue weighted by Crippen LogP contribution is 2.42. The Labute approximate surface area is 448 Å². The van der Waals surface area contributed by atoms with Crippen LogP contribution >= 0.6 is 34.9 Å². The fraction of sp³-hybridized carbons (Fsp3) is 0.420. The number of amides is 4. The molecule has 0 aliphatic carbocycles. The second-order valence-corrected chi connectivity index (χ2v) is 21.4. The Kier molecular flexibility index (Phi) is 18.0. The number of nitrogens with one attached hydrogen (secondary N) is 3. The van der Waals surface area contributed by atoms with Crippen molar-refractivity contribution in [1.82, 2.24) is 24.9 Å². The zero-order chi connectivity index (χ0) is 54.1. The number of nitrogens with zero attached hydrogens (tertiary/aromatic N) is 5. The summed E-state index contributed by atoms with van der Waals surface area (Å²) in [6, 6.07) is 16.8. The molecule has 2 fully saturated rings. The van der Waals surface area contributed by atoms with E-state index in [1.54, 1.807) is 47.1 Å². The Bertz CT molecular complexity index is 2840. The second kappa shape index (κ2) is 24.2. The van der Waals surface area contributed by atoms with Crippen LogP contribution in [0.15, 0.2) is 77.1 Å². The number of methoxy groups -OCH3 is 2. The van der Waals surface area contributed by atoms with Crippen LogP contribution in [0.1, 0.15) is 74.8 Å². The number of quaternary nitrogens is 1. The number of carbonyl (C=O) groups excluding carboxylic acids is 6. The van der Waals surface area contributed by atoms with Gasteiger partial charge in [0.25, 0.3) is 17.7 Å². The summed E-state index contributed by atoms with van der Waals surface area (Å²) in [4.78, 5) is 90.3. The summed E-state index contributed by atoms with van der Waals surface area (Å²) in [7, 11) is 8.64. The van der Waals surface area contributed by atoms with Crippen LogP contribution in [0.25, 0.3) is 0 Å². The number of oxime groups is 1. The van der Waals surface area contributed by atoms with Crippen LogP contribution in [0.4, 0.5) is 9.93 Å². The van der Waals surface area contributed by atoms with Gasteiger partial charge in [-0.1, -0.05) is 41.0 Å². The van der Waals surface area contributed by atoms with Gasteiger partial charge < -0.3 is 48.3 Å². The molecule has 0 bridgehead atoms. The predicted octanol–water partition coefficient (Wildman–Crippen LogP) is 5.73. The number of fused-ring (bicyclic) bond motifs is 1. The summed E-state index contributed by atoms with van der Waals surface area (Å²) in [5, 5.41) is 11.3. The largest absolute Gasteiger partial charge is 0.539 e. The van der Waals surface area contributed by atoms with Crippen LogP contribution in [0.5, 0.6) is 23.0 Å². The minimum atomic E-state index is -1.46. The van der Waals surface area contributed by atoms with Gasteiger partial charge in [0.2, 0.25) is 16.7 Å². The number of hydrogen-bond acceptors (Lipinski definition) is 18. The minimum absolute atomic E-state index is 0.0302. The molecule has 0 unspecified atom stereocenters. The third kappa shape index (κ3) is 13.9. The number of thioether (sulfide) groups is 1. The number of anilines is 1. The summed E-state index contributed by atoms with van der Waals surface area (Å²) < 4.78 is 37.7. The molecular weight excluding hydrogens is 1030 g/mol. The van der Waals surface area contributed by atoms with Gasteiger partial charge >= 0.3 is 20.1 Å². The zero-order valence-electron chi connectivity index (χ0n) is 42.4. The van der Waals surface area contributed by atoms with Crippen molar-refractivity contribution in [2.75, 3.05) is 58.0 Å². The Morgan fingerprint density at radius 2 is 1.57 bits per heavy atom. The zero-order valence-corrected chi connectivity index (χ0v) is 44.8. The number of hydrogen-bond donors (Lipinski definition) is 3. The molecule has 4 aromatic rings. The van der Waals surface area contributed by atoms with Gasteiger partial charge in [-0.05, 0) is 82.1 Å². The highest BCUT2D eigenvalue weighted by molar-refractivity contribution is 8.00. The van der Waals surface area contributed by atoms with E-state index >= 15 is 0 Å². The molecular formula is C50H57BClN8O13S2+. The van der Waals surface area contributed by atoms with Gasteiger partial charge in [-0.3, -0.25) is 29.4 Å². The number of aromatic nitrogens is 2. The van der Waals surface area contributed by atoms with Crippen molar-refractivity contribution in [2.45, 2.75) is 83.3 Å². The average molecular weight is 1090 g/mol. The maximum absolute atomic E-state index is 14.0. The lowest BCUT2D eigenvalue weighted by Gasteiger charge is -2.50. The first-order chi connectivity index (χ1) is 35.8. The number of benzene rings is 3. The molecule has 1 aromatic heterocycles. The van der Waals surface area contributed by atoms with E-state index in [-0.39, 0.29) is 58.5 Å². The summed E-state index contributed by atoms with van der Waals surface area (Å²) in [6.45, 7) is 10.7. The fourth-order valence-electron chi connectivity index (χ4n) is 8.28. The number of rotatable bonds is 22. The van der Waals surface area contributed by atoms with Crippen molar-refractivity contribution >= 4 is 89.9 Å². The Balaban J connectivity index is 1.04. The van der Waals surface area contributed by atoms with E-state index in [0.717, 1.165) is 48.6 Å². The first-order valence-corrected chi connectivity index (χ1v) is 25.9. The van der Waals surface area contributed by atoms with Gasteiger partial charge in [-0.2, -0.15) is 9.36 Å². The highest BCUT2D eigenvalue weighted by Gasteiger charge is 2.55. The summed E-state index contributed by atoms with van der Waals surface area (Å²) in [6.07, 6.45) is 1.43. The number of halogens is 1. The second-order valence-electron chi connectivity index (χ2n) is 19.2. The van der Waals surface area contributed by atoms with E-state index in [9.17, 15) is 28.8 Å². The quantitative estimate of drug-likeness (QED) is 0.0212. The summed E-state index contributed by atoms with van der Waals surface area (Å²) in [5.41, 5.74) is -0.320. The Hall–Kier alpha value is -6.89. The molecule has 0 saturated carbocycles. The SMILES string of the molecule is [B]OC(=O)C1=C(C[N+]2(CCNC(=O)c3ccc(OCc4ccc(OC)cc4)c(OCc4ccc(OC)cc4)c3Cl)CCCC2)CS[C@@H]2[C@H](NC(=O)/C(=N\OC(C)(C)C=O)c3nsc(NC(=O)OC(C)(C)C)n3)C(=O)N12. The minimum Gasteiger partial charge on any atom is -0.539 e. The van der Waals surface area contributed by atoms with Gasteiger partial charge in [-0.25, -0.2) is 9.59 Å². The lowest BCUT2D eigenvalue weighted by atomic mass is 10.0. The molecule has 396 valence electrons. The molecule has 3 N–H and O–H groups in total. The first-order valence-electron chi connectivity index (χ1n) is 23.7. The van der Waals surface area contributed by atoms with Gasteiger partial charge in [0, 0.05) is 35.7 Å². The van der Waals surface area contributed by atoms with E-state index < -0.39 is 58.1 Å². The van der Waals surface area contributed by atoms with E-state index in [4.69, 9.17) is 52.8 Å². The van der Waals surface area contributed by atoms with Crippen LogP contribution in [0, 0.1) is 0 Å². The third-order valence-corrected chi connectivity index (χ3v) is 14.4. The van der Waals surface area contributed by atoms with E-state index in [1.807, 2.05) is 48.5 Å². The smallest absolute Gasteiger partial charge is 0.414 e. The topological polar surface area (TPSA) is 244 Å². The number of carbonyl (C=O) groups is 6. The Morgan fingerprint density at radius 3 is 2.17 bits per heavy atom. The lowest BCUT2D eigenvalue weighted by Crippen LogP contribution is -2.71. The molecule has 21 nitrogen and oxygen atoms in total. The van der Waals surface area contributed by atoms with E-state index in [2.05, 4.69) is 30.5 Å². The molecule has 75 heavy (non-hydrogen) atoms. The van der Waals surface area contributed by atoms with Crippen LogP contribution in [0.3, 0.4) is 0 Å². The van der Waals surface area contributed by atoms with Crippen LogP contribution in [-0.4, -0.2) is 144 Å². The van der Waals surface area contributed by atoms with E-state index in [1.165, 1.54) is 30.5 Å². The number of β-lactam (4-membered cyclic amide) rings is 1. The monoisotopic (exact) mass is 1090 g/mol. The molecule has 3 aliphatic heterocycles. The van der Waals surface area contributed by atoms with E-state index in [0.29, 0.717) is 46.7 Å². The summed E-state index contributed by atoms with van der Waals surface area (Å²) in [5.74, 6) is -1.02. The van der Waals surface area contributed by atoms with Gasteiger partial charge in [-0.15, -0.1) is 11.8 Å². The lowest BCUT2D eigenvalue weighted by molar-refractivity contribution is -0.911. The summed E-state index contributed by atoms with van der Waals surface area (Å²) >= 11 is 9.03.